The molecular weight excluding hydrogens is 312 g/mol. The molecule has 0 aromatic carbocycles. The second-order valence-electron chi connectivity index (χ2n) is 4.54. The molecule has 0 radical (unpaired) electrons. The Morgan fingerprint density at radius 3 is 2.73 bits per heavy atom. The fraction of sp³-hybridized carbons (Fsp3) is 0.333. The van der Waals surface area contributed by atoms with Crippen LogP contribution in [0, 0.1) is 0 Å². The highest BCUT2D eigenvalue weighted by Gasteiger charge is 2.28. The topological polar surface area (TPSA) is 144 Å². The average Bonchev–Trinajstić information content (AvgIpc) is 2.87. The minimum absolute atomic E-state index is 0.0518. The zero-order valence-corrected chi connectivity index (χ0v) is 12.8. The summed E-state index contributed by atoms with van der Waals surface area (Å²) in [5, 5.41) is 13.1. The van der Waals surface area contributed by atoms with Crippen LogP contribution in [0.3, 0.4) is 0 Å². The first-order valence-corrected chi connectivity index (χ1v) is 6.96. The summed E-state index contributed by atoms with van der Waals surface area (Å²) in [7, 11) is 0. The van der Waals surface area contributed by atoms with Crippen LogP contribution in [-0.2, 0) is 19.2 Å². The van der Waals surface area contributed by atoms with Crippen LogP contribution in [0.1, 0.15) is 19.5 Å². The number of carboxylic acid groups (broad SMARTS) is 1. The van der Waals surface area contributed by atoms with E-state index in [0.717, 1.165) is 17.5 Å². The monoisotopic (exact) mass is 328 g/mol. The Hall–Kier alpha value is -2.46. The summed E-state index contributed by atoms with van der Waals surface area (Å²) in [6.45, 7) is 2.50. The highest BCUT2D eigenvalue weighted by molar-refractivity contribution is 7.13. The van der Waals surface area contributed by atoms with E-state index in [-0.39, 0.29) is 22.9 Å². The Morgan fingerprint density at radius 2 is 2.23 bits per heavy atom. The molecule has 1 amide bonds. The average molecular weight is 328 g/mol. The highest BCUT2D eigenvalue weighted by atomic mass is 32.1. The largest absolute Gasteiger partial charge is 0.479 e. The van der Waals surface area contributed by atoms with Gasteiger partial charge in [-0.05, 0) is 13.8 Å². The normalized spacial score (nSPS) is 11.8. The molecular formula is C12H16N4O5S. The standard InChI is InChI=1S/C12H16N4O5S/c1-12(2,10(19)20)21-15-5-7(9(18)14-3-4-17)8-6-22-11(13)16-8/h4-6,15H,3H2,1-2H3,(H2,13,16)(H,14,18)(H,19,20)/b7-5+. The van der Waals surface area contributed by atoms with Crippen LogP contribution in [0.4, 0.5) is 5.13 Å². The van der Waals surface area contributed by atoms with Crippen LogP contribution in [0.15, 0.2) is 11.6 Å². The molecule has 0 fully saturated rings. The number of anilines is 1. The summed E-state index contributed by atoms with van der Waals surface area (Å²) in [5.41, 5.74) is 6.65. The number of aliphatic carboxylic acids is 1. The van der Waals surface area contributed by atoms with E-state index in [9.17, 15) is 14.4 Å². The molecule has 0 atom stereocenters. The molecule has 9 nitrogen and oxygen atoms in total. The molecule has 1 aromatic rings. The third kappa shape index (κ3) is 4.82. The van der Waals surface area contributed by atoms with Crippen LogP contribution in [0.2, 0.25) is 0 Å². The predicted molar refractivity (Wildman–Crippen MR) is 79.5 cm³/mol. The Balaban J connectivity index is 2.90. The summed E-state index contributed by atoms with van der Waals surface area (Å²) in [6.07, 6.45) is 1.68. The quantitative estimate of drug-likeness (QED) is 0.291. The lowest BCUT2D eigenvalue weighted by atomic mass is 10.1. The van der Waals surface area contributed by atoms with Gasteiger partial charge in [0.25, 0.3) is 5.91 Å². The van der Waals surface area contributed by atoms with Crippen molar-refractivity contribution >= 4 is 40.2 Å². The van der Waals surface area contributed by atoms with Gasteiger partial charge in [-0.1, -0.05) is 0 Å². The predicted octanol–water partition coefficient (Wildman–Crippen LogP) is -0.234. The lowest BCUT2D eigenvalue weighted by Crippen LogP contribution is -2.38. The van der Waals surface area contributed by atoms with Crippen LogP contribution in [0.5, 0.6) is 0 Å². The first kappa shape index (κ1) is 17.6. The van der Waals surface area contributed by atoms with Gasteiger partial charge in [0.2, 0.25) is 0 Å². The van der Waals surface area contributed by atoms with E-state index < -0.39 is 17.5 Å². The second-order valence-corrected chi connectivity index (χ2v) is 5.43. The Labute approximate surface area is 130 Å². The first-order chi connectivity index (χ1) is 10.3. The Morgan fingerprint density at radius 1 is 1.55 bits per heavy atom. The van der Waals surface area contributed by atoms with Crippen LogP contribution >= 0.6 is 11.3 Å². The molecule has 22 heavy (non-hydrogen) atoms. The highest BCUT2D eigenvalue weighted by Crippen LogP contribution is 2.19. The van der Waals surface area contributed by atoms with Gasteiger partial charge in [0, 0.05) is 11.6 Å². The van der Waals surface area contributed by atoms with Gasteiger partial charge in [-0.15, -0.1) is 11.3 Å². The summed E-state index contributed by atoms with van der Waals surface area (Å²) in [4.78, 5) is 42.1. The van der Waals surface area contributed by atoms with Crippen molar-refractivity contribution in [2.45, 2.75) is 19.4 Å². The molecule has 0 spiro atoms. The molecule has 0 saturated heterocycles. The van der Waals surface area contributed by atoms with Crippen molar-refractivity contribution < 1.29 is 24.3 Å². The maximum absolute atomic E-state index is 12.0. The van der Waals surface area contributed by atoms with Crippen molar-refractivity contribution in [3.05, 3.63) is 17.3 Å². The summed E-state index contributed by atoms with van der Waals surface area (Å²) >= 11 is 1.13. The van der Waals surface area contributed by atoms with Crippen molar-refractivity contribution in [2.24, 2.45) is 0 Å². The van der Waals surface area contributed by atoms with E-state index in [2.05, 4.69) is 15.8 Å². The molecule has 0 saturated carbocycles. The smallest absolute Gasteiger partial charge is 0.338 e. The second kappa shape index (κ2) is 7.52. The number of hydrogen-bond acceptors (Lipinski definition) is 8. The number of nitrogens with two attached hydrogens (primary N) is 1. The van der Waals surface area contributed by atoms with Gasteiger partial charge < -0.3 is 21.0 Å². The number of thiazole rings is 1. The van der Waals surface area contributed by atoms with Crippen molar-refractivity contribution in [3.63, 3.8) is 0 Å². The molecule has 120 valence electrons. The van der Waals surface area contributed by atoms with E-state index in [4.69, 9.17) is 15.7 Å². The number of hydroxylamine groups is 1. The number of aldehydes is 1. The zero-order chi connectivity index (χ0) is 16.8. The third-order valence-corrected chi connectivity index (χ3v) is 3.09. The minimum atomic E-state index is -1.50. The number of nitrogen functional groups attached to an aromatic ring is 1. The lowest BCUT2D eigenvalue weighted by Gasteiger charge is -2.19. The molecule has 0 unspecified atom stereocenters. The van der Waals surface area contributed by atoms with Gasteiger partial charge in [-0.25, -0.2) is 9.78 Å². The fourth-order valence-electron chi connectivity index (χ4n) is 1.18. The maximum Gasteiger partial charge on any atom is 0.338 e. The van der Waals surface area contributed by atoms with Gasteiger partial charge >= 0.3 is 5.97 Å². The Kier molecular flexibility index (Phi) is 6.01. The molecule has 0 bridgehead atoms. The number of nitrogens with zero attached hydrogens (tertiary/aromatic N) is 1. The fourth-order valence-corrected chi connectivity index (χ4v) is 1.74. The number of nitrogens with one attached hydrogen (secondary N) is 2. The molecule has 5 N–H and O–H groups in total. The number of carbonyl (C=O) groups is 3. The van der Waals surface area contributed by atoms with Crippen LogP contribution in [0.25, 0.3) is 5.57 Å². The molecule has 0 aliphatic carbocycles. The van der Waals surface area contributed by atoms with Crippen molar-refractivity contribution in [3.8, 4) is 0 Å². The van der Waals surface area contributed by atoms with Gasteiger partial charge in [0.1, 0.15) is 6.29 Å². The van der Waals surface area contributed by atoms with E-state index in [1.807, 2.05) is 0 Å². The summed E-state index contributed by atoms with van der Waals surface area (Å²) in [5.74, 6) is -1.76. The van der Waals surface area contributed by atoms with Crippen LogP contribution < -0.4 is 16.5 Å². The molecule has 0 aliphatic rings. The minimum Gasteiger partial charge on any atom is -0.479 e. The van der Waals surface area contributed by atoms with E-state index in [0.29, 0.717) is 6.29 Å². The number of aromatic nitrogens is 1. The van der Waals surface area contributed by atoms with Gasteiger partial charge in [-0.3, -0.25) is 15.1 Å². The van der Waals surface area contributed by atoms with E-state index in [1.165, 1.54) is 13.8 Å². The SMILES string of the molecule is CC(C)(ON/C=C(/C(=O)NCC=O)c1csc(N)n1)C(=O)O. The third-order valence-electron chi connectivity index (χ3n) is 2.42. The molecule has 1 rings (SSSR count). The number of hydrogen-bond donors (Lipinski definition) is 4. The summed E-state index contributed by atoms with van der Waals surface area (Å²) < 4.78 is 0. The molecule has 1 heterocycles. The van der Waals surface area contributed by atoms with Crippen LogP contribution in [-0.4, -0.2) is 40.4 Å². The van der Waals surface area contributed by atoms with Crippen molar-refractivity contribution in [1.29, 1.82) is 0 Å². The summed E-state index contributed by atoms with van der Waals surface area (Å²) in [6, 6.07) is 0. The number of rotatable bonds is 8. The zero-order valence-electron chi connectivity index (χ0n) is 12.0. The number of carbonyl (C=O) groups excluding carboxylic acids is 2. The number of amides is 1. The van der Waals surface area contributed by atoms with Gasteiger partial charge in [-0.2, -0.15) is 0 Å². The first-order valence-electron chi connectivity index (χ1n) is 6.08. The van der Waals surface area contributed by atoms with Crippen molar-refractivity contribution in [1.82, 2.24) is 15.8 Å². The molecule has 0 aliphatic heterocycles. The van der Waals surface area contributed by atoms with Gasteiger partial charge in [0.05, 0.1) is 17.8 Å². The lowest BCUT2D eigenvalue weighted by molar-refractivity contribution is -0.167. The number of carboxylic acids is 1. The van der Waals surface area contributed by atoms with E-state index >= 15 is 0 Å². The van der Waals surface area contributed by atoms with Crippen molar-refractivity contribution in [2.75, 3.05) is 12.3 Å². The molecule has 10 heteroatoms. The molecule has 1 aromatic heterocycles. The Bertz CT molecular complexity index is 596. The van der Waals surface area contributed by atoms with E-state index in [1.54, 1.807) is 5.38 Å². The maximum atomic E-state index is 12.0. The van der Waals surface area contributed by atoms with Gasteiger partial charge in [0.15, 0.2) is 10.7 Å².